The number of benzene rings is 1. The molecule has 1 aliphatic rings. The minimum Gasteiger partial charge on any atom is -0.445 e. The summed E-state index contributed by atoms with van der Waals surface area (Å²) in [5.74, 6) is -4.79. The molecule has 0 bridgehead atoms. The Balaban J connectivity index is 1.94. The van der Waals surface area contributed by atoms with Crippen LogP contribution in [0.2, 0.25) is 0 Å². The van der Waals surface area contributed by atoms with Gasteiger partial charge in [-0.15, -0.1) is 0 Å². The molecule has 6 heteroatoms. The van der Waals surface area contributed by atoms with Crippen molar-refractivity contribution in [1.82, 2.24) is 4.90 Å². The molecule has 2 rings (SSSR count). The molecular weight excluding hydrogens is 278 g/mol. The first-order valence-electron chi connectivity index (χ1n) is 6.98. The highest BCUT2D eigenvalue weighted by atomic mass is 19.3. The van der Waals surface area contributed by atoms with Gasteiger partial charge in [0.05, 0.1) is 5.92 Å². The van der Waals surface area contributed by atoms with Gasteiger partial charge in [-0.1, -0.05) is 37.3 Å². The molecule has 1 aromatic carbocycles. The molecule has 116 valence electrons. The molecule has 1 saturated heterocycles. The molecule has 4 nitrogen and oxygen atoms in total. The molecule has 0 radical (unpaired) electrons. The molecule has 1 aliphatic heterocycles. The van der Waals surface area contributed by atoms with E-state index in [1.54, 1.807) is 0 Å². The fraction of sp³-hybridized carbons (Fsp3) is 0.533. The number of halogens is 2. The molecule has 0 aliphatic carbocycles. The SMILES string of the molecule is CC1CN(C(=O)OCc2ccccc2)C[C@H](CN)C1(F)F. The monoisotopic (exact) mass is 298 g/mol. The predicted molar refractivity (Wildman–Crippen MR) is 74.9 cm³/mol. The summed E-state index contributed by atoms with van der Waals surface area (Å²) in [6.45, 7) is 1.33. The predicted octanol–water partition coefficient (Wildman–Crippen LogP) is 2.49. The Hall–Kier alpha value is -1.69. The van der Waals surface area contributed by atoms with Crippen LogP contribution in [0.25, 0.3) is 0 Å². The molecule has 0 aromatic heterocycles. The largest absolute Gasteiger partial charge is 0.445 e. The van der Waals surface area contributed by atoms with Crippen molar-refractivity contribution in [3.8, 4) is 0 Å². The van der Waals surface area contributed by atoms with Crippen LogP contribution < -0.4 is 5.73 Å². The van der Waals surface area contributed by atoms with Crippen LogP contribution in [0, 0.1) is 11.8 Å². The van der Waals surface area contributed by atoms with Crippen LogP contribution in [-0.2, 0) is 11.3 Å². The van der Waals surface area contributed by atoms with E-state index in [-0.39, 0.29) is 26.2 Å². The number of carbonyl (C=O) groups excluding carboxylic acids is 1. The first-order chi connectivity index (χ1) is 9.95. The Morgan fingerprint density at radius 2 is 2.05 bits per heavy atom. The number of likely N-dealkylation sites (tertiary alicyclic amines) is 1. The Labute approximate surface area is 122 Å². The van der Waals surface area contributed by atoms with E-state index in [0.717, 1.165) is 5.56 Å². The van der Waals surface area contributed by atoms with Crippen LogP contribution in [-0.4, -0.2) is 36.5 Å². The molecular formula is C15H20F2N2O2. The van der Waals surface area contributed by atoms with Crippen molar-refractivity contribution in [2.75, 3.05) is 19.6 Å². The van der Waals surface area contributed by atoms with Crippen molar-refractivity contribution in [1.29, 1.82) is 0 Å². The number of nitrogens with two attached hydrogens (primary N) is 1. The average molecular weight is 298 g/mol. The molecule has 1 fully saturated rings. The van der Waals surface area contributed by atoms with Gasteiger partial charge in [0, 0.05) is 25.6 Å². The number of piperidine rings is 1. The maximum Gasteiger partial charge on any atom is 0.410 e. The summed E-state index contributed by atoms with van der Waals surface area (Å²) in [4.78, 5) is 13.3. The Morgan fingerprint density at radius 3 is 2.67 bits per heavy atom. The van der Waals surface area contributed by atoms with Crippen molar-refractivity contribution in [3.05, 3.63) is 35.9 Å². The first-order valence-corrected chi connectivity index (χ1v) is 6.98. The second-order valence-corrected chi connectivity index (χ2v) is 5.45. The highest BCUT2D eigenvalue weighted by Crippen LogP contribution is 2.37. The van der Waals surface area contributed by atoms with Crippen molar-refractivity contribution in [2.45, 2.75) is 19.5 Å². The van der Waals surface area contributed by atoms with Crippen LogP contribution in [0.4, 0.5) is 13.6 Å². The fourth-order valence-corrected chi connectivity index (χ4v) is 2.51. The number of alkyl halides is 2. The van der Waals surface area contributed by atoms with Gasteiger partial charge in [-0.2, -0.15) is 0 Å². The maximum atomic E-state index is 13.9. The van der Waals surface area contributed by atoms with Gasteiger partial charge in [-0.05, 0) is 5.56 Å². The summed E-state index contributed by atoms with van der Waals surface area (Å²) in [6.07, 6.45) is -0.570. The number of carbonyl (C=O) groups is 1. The van der Waals surface area contributed by atoms with Gasteiger partial charge in [0.1, 0.15) is 6.61 Å². The highest BCUT2D eigenvalue weighted by Gasteiger charge is 2.49. The quantitative estimate of drug-likeness (QED) is 0.932. The summed E-state index contributed by atoms with van der Waals surface area (Å²) in [5.41, 5.74) is 6.27. The van der Waals surface area contributed by atoms with E-state index in [1.165, 1.54) is 11.8 Å². The number of hydrogen-bond acceptors (Lipinski definition) is 3. The Kier molecular flexibility index (Phi) is 4.77. The highest BCUT2D eigenvalue weighted by molar-refractivity contribution is 5.67. The van der Waals surface area contributed by atoms with Gasteiger partial charge in [0.2, 0.25) is 0 Å². The number of ether oxygens (including phenoxy) is 1. The molecule has 21 heavy (non-hydrogen) atoms. The first kappa shape index (κ1) is 15.7. The topological polar surface area (TPSA) is 55.6 Å². The van der Waals surface area contributed by atoms with Crippen LogP contribution in [0.1, 0.15) is 12.5 Å². The molecule has 0 saturated carbocycles. The molecule has 0 spiro atoms. The normalized spacial score (nSPS) is 24.7. The third-order valence-corrected chi connectivity index (χ3v) is 3.88. The number of hydrogen-bond donors (Lipinski definition) is 1. The van der Waals surface area contributed by atoms with Crippen LogP contribution in [0.5, 0.6) is 0 Å². The Morgan fingerprint density at radius 1 is 1.38 bits per heavy atom. The Bertz CT molecular complexity index is 482. The summed E-state index contributed by atoms with van der Waals surface area (Å²) < 4.78 is 33.0. The summed E-state index contributed by atoms with van der Waals surface area (Å²) in [7, 11) is 0. The third-order valence-electron chi connectivity index (χ3n) is 3.88. The summed E-state index contributed by atoms with van der Waals surface area (Å²) in [5, 5.41) is 0. The van der Waals surface area contributed by atoms with E-state index in [9.17, 15) is 13.6 Å². The minimum absolute atomic E-state index is 0.0167. The zero-order chi connectivity index (χ0) is 15.5. The van der Waals surface area contributed by atoms with Gasteiger partial charge >= 0.3 is 6.09 Å². The zero-order valence-corrected chi connectivity index (χ0v) is 12.0. The second kappa shape index (κ2) is 6.39. The lowest BCUT2D eigenvalue weighted by Crippen LogP contribution is -2.56. The van der Waals surface area contributed by atoms with Crippen LogP contribution in [0.15, 0.2) is 30.3 Å². The van der Waals surface area contributed by atoms with Crippen LogP contribution in [0.3, 0.4) is 0 Å². The van der Waals surface area contributed by atoms with Gasteiger partial charge in [-0.25, -0.2) is 13.6 Å². The van der Waals surface area contributed by atoms with Crippen molar-refractivity contribution in [3.63, 3.8) is 0 Å². The van der Waals surface area contributed by atoms with Gasteiger partial charge in [0.25, 0.3) is 5.92 Å². The van der Waals surface area contributed by atoms with E-state index in [0.29, 0.717) is 0 Å². The van der Waals surface area contributed by atoms with Crippen molar-refractivity contribution < 1.29 is 18.3 Å². The smallest absolute Gasteiger partial charge is 0.410 e. The van der Waals surface area contributed by atoms with Crippen molar-refractivity contribution in [2.24, 2.45) is 17.6 Å². The molecule has 1 heterocycles. The summed E-state index contributed by atoms with van der Waals surface area (Å²) in [6, 6.07) is 9.23. The second-order valence-electron chi connectivity index (χ2n) is 5.45. The molecule has 1 unspecified atom stereocenters. The minimum atomic E-state index is -2.84. The average Bonchev–Trinajstić information content (AvgIpc) is 2.48. The summed E-state index contributed by atoms with van der Waals surface area (Å²) >= 11 is 0. The van der Waals surface area contributed by atoms with Crippen molar-refractivity contribution >= 4 is 6.09 Å². The number of nitrogens with zero attached hydrogens (tertiary/aromatic N) is 1. The third kappa shape index (κ3) is 3.50. The van der Waals surface area contributed by atoms with E-state index >= 15 is 0 Å². The molecule has 1 aromatic rings. The van der Waals surface area contributed by atoms with Gasteiger partial charge < -0.3 is 15.4 Å². The van der Waals surface area contributed by atoms with Gasteiger partial charge in [0.15, 0.2) is 0 Å². The maximum absolute atomic E-state index is 13.9. The molecule has 2 N–H and O–H groups in total. The lowest BCUT2D eigenvalue weighted by Gasteiger charge is -2.41. The fourth-order valence-electron chi connectivity index (χ4n) is 2.51. The zero-order valence-electron chi connectivity index (χ0n) is 12.0. The van der Waals surface area contributed by atoms with E-state index < -0.39 is 23.9 Å². The molecule has 1 amide bonds. The lowest BCUT2D eigenvalue weighted by atomic mass is 9.86. The van der Waals surface area contributed by atoms with E-state index in [1.807, 2.05) is 30.3 Å². The number of rotatable bonds is 3. The molecule has 2 atom stereocenters. The lowest BCUT2D eigenvalue weighted by molar-refractivity contribution is -0.137. The standard InChI is InChI=1S/C15H20F2N2O2/c1-11-8-19(9-13(7-18)15(11,16)17)14(20)21-10-12-5-3-2-4-6-12/h2-6,11,13H,7-10,18H2,1H3/t11?,13-/m0/s1. The number of amides is 1. The van der Waals surface area contributed by atoms with E-state index in [4.69, 9.17) is 10.5 Å². The van der Waals surface area contributed by atoms with Gasteiger partial charge in [-0.3, -0.25) is 0 Å². The van der Waals surface area contributed by atoms with Crippen LogP contribution >= 0.6 is 0 Å². The van der Waals surface area contributed by atoms with E-state index in [2.05, 4.69) is 0 Å².